The van der Waals surface area contributed by atoms with Crippen molar-refractivity contribution in [2.75, 3.05) is 0 Å². The van der Waals surface area contributed by atoms with Crippen LogP contribution in [0.25, 0.3) is 0 Å². The molecule has 1 aromatic carbocycles. The average Bonchev–Trinajstić information content (AvgIpc) is 2.12. The van der Waals surface area contributed by atoms with E-state index >= 15 is 0 Å². The molecule has 1 aliphatic rings. The van der Waals surface area contributed by atoms with Gasteiger partial charge in [0.25, 0.3) is 0 Å². The molecule has 0 saturated heterocycles. The molecular weight excluding hydrogens is 277 g/mol. The molecule has 0 unspecified atom stereocenters. The minimum Gasteiger partial charge on any atom is -0.211 e. The molecular formula is C11H9BrClNO. The molecule has 0 aliphatic heterocycles. The molecule has 1 fully saturated rings. The Morgan fingerprint density at radius 1 is 1.47 bits per heavy atom. The van der Waals surface area contributed by atoms with Crippen LogP contribution in [0.15, 0.2) is 27.7 Å². The lowest BCUT2D eigenvalue weighted by Crippen LogP contribution is -2.32. The molecule has 1 saturated carbocycles. The molecule has 0 bridgehead atoms. The number of carbonyl (C=O) groups excluding carboxylic acids is 1. The van der Waals surface area contributed by atoms with Gasteiger partial charge in [0.1, 0.15) is 0 Å². The van der Waals surface area contributed by atoms with Gasteiger partial charge >= 0.3 is 0 Å². The van der Waals surface area contributed by atoms with Crippen molar-refractivity contribution in [3.05, 3.63) is 33.3 Å². The Balaban J connectivity index is 2.47. The fourth-order valence-corrected chi connectivity index (χ4v) is 2.96. The van der Waals surface area contributed by atoms with E-state index in [0.717, 1.165) is 29.3 Å². The molecule has 2 nitrogen and oxygen atoms in total. The molecule has 1 aliphatic carbocycles. The topological polar surface area (TPSA) is 29.4 Å². The summed E-state index contributed by atoms with van der Waals surface area (Å²) in [7, 11) is 0. The smallest absolute Gasteiger partial charge is 0.211 e. The van der Waals surface area contributed by atoms with Gasteiger partial charge in [0.05, 0.1) is 5.54 Å². The highest BCUT2D eigenvalue weighted by molar-refractivity contribution is 9.10. The number of hydrogen-bond donors (Lipinski definition) is 0. The number of rotatable bonds is 2. The van der Waals surface area contributed by atoms with Crippen LogP contribution in [0.5, 0.6) is 0 Å². The van der Waals surface area contributed by atoms with E-state index in [4.69, 9.17) is 11.6 Å². The van der Waals surface area contributed by atoms with E-state index in [9.17, 15) is 4.79 Å². The molecule has 2 rings (SSSR count). The van der Waals surface area contributed by atoms with E-state index in [2.05, 4.69) is 20.9 Å². The summed E-state index contributed by atoms with van der Waals surface area (Å²) in [6.45, 7) is 0. The first-order valence-corrected chi connectivity index (χ1v) is 5.90. The molecule has 1 aromatic rings. The van der Waals surface area contributed by atoms with Gasteiger partial charge in [-0.1, -0.05) is 33.6 Å². The summed E-state index contributed by atoms with van der Waals surface area (Å²) >= 11 is 9.32. The molecule has 0 amide bonds. The summed E-state index contributed by atoms with van der Waals surface area (Å²) in [4.78, 5) is 14.4. The maximum atomic E-state index is 10.4. The lowest BCUT2D eigenvalue weighted by Gasteiger charge is -2.37. The van der Waals surface area contributed by atoms with Crippen LogP contribution in [0.1, 0.15) is 24.8 Å². The first-order valence-electron chi connectivity index (χ1n) is 4.72. The molecule has 78 valence electrons. The van der Waals surface area contributed by atoms with Crippen molar-refractivity contribution in [2.45, 2.75) is 24.8 Å². The Morgan fingerprint density at radius 3 is 2.67 bits per heavy atom. The third kappa shape index (κ3) is 1.87. The van der Waals surface area contributed by atoms with Gasteiger partial charge in [-0.05, 0) is 37.0 Å². The summed E-state index contributed by atoms with van der Waals surface area (Å²) in [5, 5.41) is 0.676. The van der Waals surface area contributed by atoms with Crippen LogP contribution in [0.2, 0.25) is 5.02 Å². The average molecular weight is 287 g/mol. The molecule has 15 heavy (non-hydrogen) atoms. The van der Waals surface area contributed by atoms with Gasteiger partial charge in [0.15, 0.2) is 0 Å². The first-order chi connectivity index (χ1) is 7.18. The molecule has 0 spiro atoms. The normalized spacial score (nSPS) is 17.7. The fourth-order valence-electron chi connectivity index (χ4n) is 1.91. The quantitative estimate of drug-likeness (QED) is 0.600. The van der Waals surface area contributed by atoms with Crippen LogP contribution in [0.3, 0.4) is 0 Å². The highest BCUT2D eigenvalue weighted by atomic mass is 79.9. The monoisotopic (exact) mass is 285 g/mol. The number of halogens is 2. The lowest BCUT2D eigenvalue weighted by atomic mass is 9.72. The van der Waals surface area contributed by atoms with Crippen LogP contribution < -0.4 is 0 Å². The fraction of sp³-hybridized carbons (Fsp3) is 0.364. The van der Waals surface area contributed by atoms with Crippen LogP contribution in [-0.4, -0.2) is 6.08 Å². The Hall–Kier alpha value is -0.630. The lowest BCUT2D eigenvalue weighted by molar-refractivity contribution is 0.255. The van der Waals surface area contributed by atoms with Crippen molar-refractivity contribution < 1.29 is 4.79 Å². The third-order valence-corrected chi connectivity index (χ3v) is 3.76. The van der Waals surface area contributed by atoms with E-state index in [1.807, 2.05) is 18.2 Å². The second kappa shape index (κ2) is 4.09. The minimum atomic E-state index is -0.356. The number of hydrogen-bond acceptors (Lipinski definition) is 2. The summed E-state index contributed by atoms with van der Waals surface area (Å²) < 4.78 is 0.911. The van der Waals surface area contributed by atoms with E-state index in [1.54, 1.807) is 6.08 Å². The number of nitrogens with zero attached hydrogens (tertiary/aromatic N) is 1. The van der Waals surface area contributed by atoms with Crippen molar-refractivity contribution in [3.63, 3.8) is 0 Å². The molecule has 4 heteroatoms. The van der Waals surface area contributed by atoms with Crippen molar-refractivity contribution in [1.82, 2.24) is 0 Å². The van der Waals surface area contributed by atoms with Gasteiger partial charge in [0, 0.05) is 9.50 Å². The molecule has 0 radical (unpaired) electrons. The Bertz CT molecular complexity index is 436. The van der Waals surface area contributed by atoms with Gasteiger partial charge in [-0.25, -0.2) is 4.79 Å². The largest absolute Gasteiger partial charge is 0.235 e. The van der Waals surface area contributed by atoms with Crippen molar-refractivity contribution in [3.8, 4) is 0 Å². The van der Waals surface area contributed by atoms with Crippen molar-refractivity contribution in [1.29, 1.82) is 0 Å². The summed E-state index contributed by atoms with van der Waals surface area (Å²) in [6.07, 6.45) is 4.58. The van der Waals surface area contributed by atoms with Crippen LogP contribution >= 0.6 is 27.5 Å². The zero-order valence-corrected chi connectivity index (χ0v) is 10.3. The maximum absolute atomic E-state index is 10.4. The van der Waals surface area contributed by atoms with Crippen molar-refractivity contribution in [2.24, 2.45) is 4.99 Å². The SMILES string of the molecule is O=C=NC1(c2ccc(Cl)cc2Br)CCC1. The van der Waals surface area contributed by atoms with Crippen LogP contribution in [0, 0.1) is 0 Å². The van der Waals surface area contributed by atoms with Gasteiger partial charge in [-0.2, -0.15) is 4.99 Å². The zero-order valence-electron chi connectivity index (χ0n) is 7.96. The molecule has 0 aromatic heterocycles. The van der Waals surface area contributed by atoms with Gasteiger partial charge in [-0.3, -0.25) is 0 Å². The Kier molecular flexibility index (Phi) is 2.96. The van der Waals surface area contributed by atoms with Crippen LogP contribution in [0.4, 0.5) is 0 Å². The van der Waals surface area contributed by atoms with Gasteiger partial charge in [-0.15, -0.1) is 0 Å². The standard InChI is InChI=1S/C11H9BrClNO/c12-10-6-8(13)2-3-9(10)11(14-7-15)4-1-5-11/h2-3,6H,1,4-5H2. The van der Waals surface area contributed by atoms with E-state index < -0.39 is 0 Å². The second-order valence-corrected chi connectivity index (χ2v) is 5.00. The Morgan fingerprint density at radius 2 is 2.20 bits per heavy atom. The van der Waals surface area contributed by atoms with E-state index in [-0.39, 0.29) is 5.54 Å². The second-order valence-electron chi connectivity index (χ2n) is 3.71. The molecule has 0 N–H and O–H groups in total. The highest BCUT2D eigenvalue weighted by Crippen LogP contribution is 2.47. The number of isocyanates is 1. The third-order valence-electron chi connectivity index (χ3n) is 2.87. The minimum absolute atomic E-state index is 0.356. The zero-order chi connectivity index (χ0) is 10.9. The molecule has 0 atom stereocenters. The summed E-state index contributed by atoms with van der Waals surface area (Å²) in [6, 6.07) is 5.58. The predicted octanol–water partition coefficient (Wildman–Crippen LogP) is 3.82. The summed E-state index contributed by atoms with van der Waals surface area (Å²) in [5.74, 6) is 0. The number of benzene rings is 1. The van der Waals surface area contributed by atoms with Gasteiger partial charge in [0.2, 0.25) is 6.08 Å². The van der Waals surface area contributed by atoms with E-state index in [0.29, 0.717) is 5.02 Å². The highest BCUT2D eigenvalue weighted by Gasteiger charge is 2.40. The molecule has 0 heterocycles. The van der Waals surface area contributed by atoms with Crippen molar-refractivity contribution >= 4 is 33.6 Å². The Labute approximate surface area is 101 Å². The first kappa shape index (κ1) is 10.9. The van der Waals surface area contributed by atoms with Gasteiger partial charge < -0.3 is 0 Å². The predicted molar refractivity (Wildman–Crippen MR) is 62.8 cm³/mol. The maximum Gasteiger partial charge on any atom is 0.235 e. The summed E-state index contributed by atoms with van der Waals surface area (Å²) in [5.41, 5.74) is 0.673. The number of aliphatic imine (C=N–C) groups is 1. The van der Waals surface area contributed by atoms with E-state index in [1.165, 1.54) is 0 Å². The van der Waals surface area contributed by atoms with Crippen LogP contribution in [-0.2, 0) is 10.3 Å².